The van der Waals surface area contributed by atoms with Crippen LogP contribution in [0.15, 0.2) is 28.7 Å². The van der Waals surface area contributed by atoms with Crippen LogP contribution < -0.4 is 16.0 Å². The molecular weight excluding hydrogens is 328 g/mol. The lowest BCUT2D eigenvalue weighted by Crippen LogP contribution is -2.75. The number of hydrogen-bond acceptors (Lipinski definition) is 6. The fourth-order valence-electron chi connectivity index (χ4n) is 5.55. The topological polar surface area (TPSA) is 82.3 Å². The van der Waals surface area contributed by atoms with Crippen LogP contribution >= 0.6 is 0 Å². The second-order valence-electron chi connectivity index (χ2n) is 8.22. The molecule has 2 saturated carbocycles. The largest absolute Gasteiger partial charge is 0.424 e. The van der Waals surface area contributed by atoms with E-state index in [2.05, 4.69) is 20.9 Å². The highest BCUT2D eigenvalue weighted by Crippen LogP contribution is 2.44. The molecule has 0 bridgehead atoms. The van der Waals surface area contributed by atoms with Crippen molar-refractivity contribution in [1.82, 2.24) is 15.6 Å². The zero-order valence-corrected chi connectivity index (χ0v) is 15.1. The molecule has 2 aromatic rings. The van der Waals surface area contributed by atoms with Gasteiger partial charge in [0.15, 0.2) is 5.58 Å². The number of aromatic nitrogens is 1. The SMILES string of the molecule is O[C@H]1CCC[C@@H]2N[C@@H](Nc3nc4ccccc4o3)NC3(CCCCC3)[C@H]21. The van der Waals surface area contributed by atoms with Crippen molar-refractivity contribution in [3.63, 3.8) is 0 Å². The predicted octanol–water partition coefficient (Wildman–Crippen LogP) is 2.95. The number of rotatable bonds is 2. The van der Waals surface area contributed by atoms with Crippen LogP contribution in [0.3, 0.4) is 0 Å². The summed E-state index contributed by atoms with van der Waals surface area (Å²) in [5, 5.41) is 21.6. The van der Waals surface area contributed by atoms with Gasteiger partial charge in [-0.25, -0.2) is 0 Å². The molecule has 5 rings (SSSR count). The maximum Gasteiger partial charge on any atom is 0.297 e. The number of aliphatic hydroxyl groups is 1. The van der Waals surface area contributed by atoms with Gasteiger partial charge in [-0.2, -0.15) is 4.98 Å². The fourth-order valence-corrected chi connectivity index (χ4v) is 5.55. The first-order valence-electron chi connectivity index (χ1n) is 10.1. The molecule has 6 nitrogen and oxygen atoms in total. The van der Waals surface area contributed by atoms with Crippen LogP contribution in [0.2, 0.25) is 0 Å². The van der Waals surface area contributed by atoms with Crippen molar-refractivity contribution in [2.75, 3.05) is 5.32 Å². The third-order valence-electron chi connectivity index (χ3n) is 6.62. The van der Waals surface area contributed by atoms with Crippen LogP contribution in [0.5, 0.6) is 0 Å². The van der Waals surface area contributed by atoms with Gasteiger partial charge in [0.25, 0.3) is 6.01 Å². The lowest BCUT2D eigenvalue weighted by Gasteiger charge is -2.57. The van der Waals surface area contributed by atoms with Crippen molar-refractivity contribution in [3.8, 4) is 0 Å². The van der Waals surface area contributed by atoms with Crippen molar-refractivity contribution in [2.24, 2.45) is 5.92 Å². The van der Waals surface area contributed by atoms with Crippen LogP contribution in [0, 0.1) is 5.92 Å². The van der Waals surface area contributed by atoms with Crippen molar-refractivity contribution in [1.29, 1.82) is 0 Å². The molecule has 3 fully saturated rings. The highest BCUT2D eigenvalue weighted by Gasteiger charge is 2.52. The molecular formula is C20H28N4O2. The summed E-state index contributed by atoms with van der Waals surface area (Å²) in [5.41, 5.74) is 1.67. The molecule has 1 saturated heterocycles. The maximum atomic E-state index is 10.8. The Kier molecular flexibility index (Phi) is 4.14. The molecule has 26 heavy (non-hydrogen) atoms. The van der Waals surface area contributed by atoms with Crippen LogP contribution in [0.1, 0.15) is 51.4 Å². The Hall–Kier alpha value is -1.63. The lowest BCUT2D eigenvalue weighted by atomic mass is 9.63. The average Bonchev–Trinajstić information content (AvgIpc) is 3.04. The minimum atomic E-state index is -0.211. The second-order valence-corrected chi connectivity index (χ2v) is 8.22. The maximum absolute atomic E-state index is 10.8. The van der Waals surface area contributed by atoms with Crippen molar-refractivity contribution in [2.45, 2.75) is 75.3 Å². The molecule has 0 amide bonds. The zero-order chi connectivity index (χ0) is 17.6. The Labute approximate surface area is 153 Å². The summed E-state index contributed by atoms with van der Waals surface area (Å²) in [6.45, 7) is 0. The van der Waals surface area contributed by atoms with Gasteiger partial charge in [0.1, 0.15) is 11.8 Å². The highest BCUT2D eigenvalue weighted by atomic mass is 16.4. The molecule has 140 valence electrons. The van der Waals surface area contributed by atoms with Gasteiger partial charge in [-0.15, -0.1) is 0 Å². The number of benzene rings is 1. The lowest BCUT2D eigenvalue weighted by molar-refractivity contribution is -0.0562. The molecule has 0 unspecified atom stereocenters. The van der Waals surface area contributed by atoms with E-state index in [9.17, 15) is 5.11 Å². The summed E-state index contributed by atoms with van der Waals surface area (Å²) in [4.78, 5) is 4.55. The van der Waals surface area contributed by atoms with E-state index in [1.54, 1.807) is 0 Å². The van der Waals surface area contributed by atoms with E-state index < -0.39 is 0 Å². The first kappa shape index (κ1) is 16.5. The van der Waals surface area contributed by atoms with E-state index >= 15 is 0 Å². The smallest absolute Gasteiger partial charge is 0.297 e. The van der Waals surface area contributed by atoms with Gasteiger partial charge in [-0.05, 0) is 44.2 Å². The van der Waals surface area contributed by atoms with Crippen LogP contribution in [-0.4, -0.2) is 34.1 Å². The molecule has 6 heteroatoms. The van der Waals surface area contributed by atoms with E-state index in [4.69, 9.17) is 4.42 Å². The summed E-state index contributed by atoms with van der Waals surface area (Å²) in [5.74, 6) is 0.290. The molecule has 1 spiro atoms. The van der Waals surface area contributed by atoms with E-state index in [0.29, 0.717) is 18.0 Å². The Morgan fingerprint density at radius 3 is 2.81 bits per heavy atom. The number of anilines is 1. The number of hydrogen-bond donors (Lipinski definition) is 4. The molecule has 2 heterocycles. The molecule has 2 aliphatic carbocycles. The summed E-state index contributed by atoms with van der Waals surface area (Å²) >= 11 is 0. The minimum Gasteiger partial charge on any atom is -0.424 e. The Morgan fingerprint density at radius 2 is 1.96 bits per heavy atom. The number of para-hydroxylation sites is 2. The Bertz CT molecular complexity index is 737. The summed E-state index contributed by atoms with van der Waals surface area (Å²) < 4.78 is 5.85. The van der Waals surface area contributed by atoms with E-state index in [1.165, 1.54) is 19.3 Å². The second kappa shape index (κ2) is 6.51. The molecule has 4 N–H and O–H groups in total. The van der Waals surface area contributed by atoms with Gasteiger partial charge in [-0.1, -0.05) is 31.4 Å². The number of oxazole rings is 1. The number of fused-ring (bicyclic) bond motifs is 3. The van der Waals surface area contributed by atoms with Gasteiger partial charge in [0.2, 0.25) is 0 Å². The highest BCUT2D eigenvalue weighted by molar-refractivity contribution is 5.74. The molecule has 3 aliphatic rings. The molecule has 1 aromatic carbocycles. The van der Waals surface area contributed by atoms with Gasteiger partial charge in [0.05, 0.1) is 6.10 Å². The zero-order valence-electron chi connectivity index (χ0n) is 15.1. The monoisotopic (exact) mass is 356 g/mol. The molecule has 1 aliphatic heterocycles. The third-order valence-corrected chi connectivity index (χ3v) is 6.62. The van der Waals surface area contributed by atoms with Crippen molar-refractivity contribution < 1.29 is 9.52 Å². The number of nitrogens with zero attached hydrogens (tertiary/aromatic N) is 1. The predicted molar refractivity (Wildman–Crippen MR) is 101 cm³/mol. The van der Waals surface area contributed by atoms with E-state index in [-0.39, 0.29) is 17.9 Å². The van der Waals surface area contributed by atoms with Crippen molar-refractivity contribution in [3.05, 3.63) is 24.3 Å². The summed E-state index contributed by atoms with van der Waals surface area (Å²) in [6.07, 6.45) is 8.87. The number of nitrogens with one attached hydrogen (secondary N) is 3. The van der Waals surface area contributed by atoms with E-state index in [1.807, 2.05) is 24.3 Å². The standard InChI is InChI=1S/C20H28N4O2/c25-15-9-6-8-14-17(15)20(11-4-1-5-12-20)24-18(21-14)23-19-22-13-7-2-3-10-16(13)26-19/h2-3,7,10,14-15,17-18,21,24-25H,1,4-6,8-9,11-12H2,(H,22,23)/t14-,15-,17+,18-/m0/s1. The molecule has 1 aromatic heterocycles. The van der Waals surface area contributed by atoms with Gasteiger partial charge in [0, 0.05) is 17.5 Å². The number of aliphatic hydroxyl groups excluding tert-OH is 1. The normalized spacial score (nSPS) is 33.9. The van der Waals surface area contributed by atoms with Gasteiger partial charge >= 0.3 is 0 Å². The average molecular weight is 356 g/mol. The van der Waals surface area contributed by atoms with Gasteiger partial charge < -0.3 is 14.8 Å². The first-order valence-corrected chi connectivity index (χ1v) is 10.1. The van der Waals surface area contributed by atoms with Gasteiger partial charge in [-0.3, -0.25) is 10.6 Å². The Balaban J connectivity index is 1.41. The summed E-state index contributed by atoms with van der Waals surface area (Å²) in [7, 11) is 0. The quantitative estimate of drug-likeness (QED) is 0.662. The fraction of sp³-hybridized carbons (Fsp3) is 0.650. The van der Waals surface area contributed by atoms with Crippen LogP contribution in [0.25, 0.3) is 11.1 Å². The third kappa shape index (κ3) is 2.80. The van der Waals surface area contributed by atoms with Crippen molar-refractivity contribution >= 4 is 17.1 Å². The van der Waals surface area contributed by atoms with E-state index in [0.717, 1.165) is 43.2 Å². The summed E-state index contributed by atoms with van der Waals surface area (Å²) in [6, 6.07) is 8.70. The van der Waals surface area contributed by atoms with Crippen LogP contribution in [0.4, 0.5) is 6.01 Å². The first-order chi connectivity index (χ1) is 12.7. The molecule has 4 atom stereocenters. The Morgan fingerprint density at radius 1 is 1.12 bits per heavy atom. The minimum absolute atomic E-state index is 0.0116. The van der Waals surface area contributed by atoms with Crippen LogP contribution in [-0.2, 0) is 0 Å². The molecule has 0 radical (unpaired) electrons.